The van der Waals surface area contributed by atoms with Gasteiger partial charge in [-0.15, -0.1) is 0 Å². The minimum atomic E-state index is -0.466. The maximum absolute atomic E-state index is 13.0. The highest BCUT2D eigenvalue weighted by atomic mass is 19.1. The molecule has 2 rings (SSSR count). The van der Waals surface area contributed by atoms with Crippen molar-refractivity contribution in [1.82, 2.24) is 10.2 Å². The lowest BCUT2D eigenvalue weighted by Crippen LogP contribution is -2.47. The minimum absolute atomic E-state index is 0.122. The predicted molar refractivity (Wildman–Crippen MR) is 71.6 cm³/mol. The molecule has 1 saturated heterocycles. The second-order valence-electron chi connectivity index (χ2n) is 4.89. The van der Waals surface area contributed by atoms with Gasteiger partial charge in [-0.05, 0) is 30.5 Å². The Morgan fingerprint density at radius 1 is 1.40 bits per heavy atom. The molecule has 2 amide bonds. The summed E-state index contributed by atoms with van der Waals surface area (Å²) in [6, 6.07) is 5.40. The third-order valence-electron chi connectivity index (χ3n) is 3.48. The van der Waals surface area contributed by atoms with Crippen molar-refractivity contribution in [2.45, 2.75) is 25.0 Å². The summed E-state index contributed by atoms with van der Waals surface area (Å²) >= 11 is 0. The van der Waals surface area contributed by atoms with E-state index in [2.05, 4.69) is 5.32 Å². The van der Waals surface area contributed by atoms with Crippen molar-refractivity contribution in [2.24, 2.45) is 0 Å². The van der Waals surface area contributed by atoms with E-state index in [-0.39, 0.29) is 31.0 Å². The fourth-order valence-electron chi connectivity index (χ4n) is 2.46. The smallest absolute Gasteiger partial charge is 0.317 e. The SMILES string of the molecule is O=C(NCCO)N1CCC(O)CC1c1ccc(F)cc1. The first-order chi connectivity index (χ1) is 9.61. The molecule has 5 nitrogen and oxygen atoms in total. The highest BCUT2D eigenvalue weighted by Gasteiger charge is 2.31. The summed E-state index contributed by atoms with van der Waals surface area (Å²) in [6.45, 7) is 0.498. The zero-order chi connectivity index (χ0) is 14.5. The van der Waals surface area contributed by atoms with Crippen molar-refractivity contribution in [2.75, 3.05) is 19.7 Å². The van der Waals surface area contributed by atoms with E-state index in [1.54, 1.807) is 17.0 Å². The summed E-state index contributed by atoms with van der Waals surface area (Å²) in [6.07, 6.45) is 0.481. The highest BCUT2D eigenvalue weighted by molar-refractivity contribution is 5.74. The number of urea groups is 1. The van der Waals surface area contributed by atoms with Crippen LogP contribution < -0.4 is 5.32 Å². The van der Waals surface area contributed by atoms with Gasteiger partial charge >= 0.3 is 6.03 Å². The van der Waals surface area contributed by atoms with Crippen molar-refractivity contribution in [3.8, 4) is 0 Å². The zero-order valence-corrected chi connectivity index (χ0v) is 11.1. The van der Waals surface area contributed by atoms with Crippen LogP contribution in [-0.4, -0.2) is 46.9 Å². The first kappa shape index (κ1) is 14.7. The molecule has 0 aliphatic carbocycles. The molecule has 1 aliphatic heterocycles. The molecule has 1 aromatic carbocycles. The third kappa shape index (κ3) is 3.46. The number of aliphatic hydroxyl groups is 2. The molecule has 1 aliphatic rings. The molecule has 0 saturated carbocycles. The molecule has 110 valence electrons. The highest BCUT2D eigenvalue weighted by Crippen LogP contribution is 2.31. The maximum Gasteiger partial charge on any atom is 0.317 e. The number of carbonyl (C=O) groups is 1. The number of likely N-dealkylation sites (tertiary alicyclic amines) is 1. The number of hydrogen-bond donors (Lipinski definition) is 3. The Morgan fingerprint density at radius 3 is 2.75 bits per heavy atom. The first-order valence-corrected chi connectivity index (χ1v) is 6.70. The first-order valence-electron chi connectivity index (χ1n) is 6.70. The van der Waals surface area contributed by atoms with Crippen molar-refractivity contribution < 1.29 is 19.4 Å². The molecule has 3 N–H and O–H groups in total. The van der Waals surface area contributed by atoms with Crippen molar-refractivity contribution in [3.05, 3.63) is 35.6 Å². The van der Waals surface area contributed by atoms with Crippen molar-refractivity contribution >= 4 is 6.03 Å². The van der Waals surface area contributed by atoms with Gasteiger partial charge in [0.15, 0.2) is 0 Å². The van der Waals surface area contributed by atoms with Crippen LogP contribution in [0.2, 0.25) is 0 Å². The molecule has 1 heterocycles. The molecule has 1 aromatic rings. The maximum atomic E-state index is 13.0. The molecular weight excluding hydrogens is 263 g/mol. The average Bonchev–Trinajstić information content (AvgIpc) is 2.45. The topological polar surface area (TPSA) is 72.8 Å². The van der Waals surface area contributed by atoms with Gasteiger partial charge in [0.2, 0.25) is 0 Å². The standard InChI is InChI=1S/C14H19FN2O3/c15-11-3-1-10(2-4-11)13-9-12(19)5-7-17(13)14(20)16-6-8-18/h1-4,12-13,18-19H,5-9H2,(H,16,20). The normalized spacial score (nSPS) is 22.6. The number of carbonyl (C=O) groups excluding carboxylic acids is 1. The number of nitrogens with zero attached hydrogens (tertiary/aromatic N) is 1. The number of rotatable bonds is 3. The van der Waals surface area contributed by atoms with Gasteiger partial charge in [0.25, 0.3) is 0 Å². The van der Waals surface area contributed by atoms with E-state index in [0.29, 0.717) is 19.4 Å². The lowest BCUT2D eigenvalue weighted by atomic mass is 9.93. The van der Waals surface area contributed by atoms with E-state index in [0.717, 1.165) is 5.56 Å². The number of hydrogen-bond acceptors (Lipinski definition) is 3. The largest absolute Gasteiger partial charge is 0.395 e. The number of nitrogens with one attached hydrogen (secondary N) is 1. The Morgan fingerprint density at radius 2 is 2.10 bits per heavy atom. The van der Waals surface area contributed by atoms with Crippen LogP contribution in [0, 0.1) is 5.82 Å². The van der Waals surface area contributed by atoms with Crippen LogP contribution in [0.5, 0.6) is 0 Å². The molecule has 20 heavy (non-hydrogen) atoms. The van der Waals surface area contributed by atoms with Crippen LogP contribution >= 0.6 is 0 Å². The summed E-state index contributed by atoms with van der Waals surface area (Å²) in [5.41, 5.74) is 0.796. The molecular formula is C14H19FN2O3. The fraction of sp³-hybridized carbons (Fsp3) is 0.500. The number of halogens is 1. The average molecular weight is 282 g/mol. The van der Waals surface area contributed by atoms with Gasteiger partial charge in [-0.1, -0.05) is 12.1 Å². The molecule has 1 fully saturated rings. The molecule has 2 unspecified atom stereocenters. The number of piperidine rings is 1. The zero-order valence-electron chi connectivity index (χ0n) is 11.1. The van der Waals surface area contributed by atoms with Gasteiger partial charge in [0.05, 0.1) is 18.8 Å². The van der Waals surface area contributed by atoms with Gasteiger partial charge < -0.3 is 20.4 Å². The van der Waals surface area contributed by atoms with Crippen molar-refractivity contribution in [1.29, 1.82) is 0 Å². The minimum Gasteiger partial charge on any atom is -0.395 e. The van der Waals surface area contributed by atoms with E-state index < -0.39 is 6.10 Å². The van der Waals surface area contributed by atoms with E-state index in [1.165, 1.54) is 12.1 Å². The van der Waals surface area contributed by atoms with E-state index >= 15 is 0 Å². The fourth-order valence-corrected chi connectivity index (χ4v) is 2.46. The second-order valence-corrected chi connectivity index (χ2v) is 4.89. The van der Waals surface area contributed by atoms with Gasteiger partial charge in [-0.3, -0.25) is 0 Å². The molecule has 0 radical (unpaired) electrons. The summed E-state index contributed by atoms with van der Waals surface area (Å²) < 4.78 is 13.0. The second kappa shape index (κ2) is 6.67. The Labute approximate surface area is 117 Å². The number of benzene rings is 1. The summed E-state index contributed by atoms with van der Waals surface area (Å²) in [5, 5.41) is 21.2. The van der Waals surface area contributed by atoms with Gasteiger partial charge in [-0.25, -0.2) is 9.18 Å². The summed E-state index contributed by atoms with van der Waals surface area (Å²) in [7, 11) is 0. The lowest BCUT2D eigenvalue weighted by molar-refractivity contribution is 0.0582. The molecule has 0 spiro atoms. The van der Waals surface area contributed by atoms with E-state index in [4.69, 9.17) is 5.11 Å². The van der Waals surface area contributed by atoms with Crippen molar-refractivity contribution in [3.63, 3.8) is 0 Å². The summed E-state index contributed by atoms with van der Waals surface area (Å²) in [5.74, 6) is -0.332. The number of aliphatic hydroxyl groups excluding tert-OH is 2. The Balaban J connectivity index is 2.15. The summed E-state index contributed by atoms with van der Waals surface area (Å²) in [4.78, 5) is 13.7. The van der Waals surface area contributed by atoms with Crippen LogP contribution in [0.4, 0.5) is 9.18 Å². The quantitative estimate of drug-likeness (QED) is 0.775. The van der Waals surface area contributed by atoms with Crippen LogP contribution in [0.15, 0.2) is 24.3 Å². The Kier molecular flexibility index (Phi) is 4.92. The van der Waals surface area contributed by atoms with Gasteiger partial charge in [0, 0.05) is 13.1 Å². The van der Waals surface area contributed by atoms with Crippen LogP contribution in [0.3, 0.4) is 0 Å². The Hall–Kier alpha value is -1.66. The van der Waals surface area contributed by atoms with Crippen LogP contribution in [0.25, 0.3) is 0 Å². The molecule has 0 bridgehead atoms. The van der Waals surface area contributed by atoms with E-state index in [1.807, 2.05) is 0 Å². The molecule has 6 heteroatoms. The van der Waals surface area contributed by atoms with Crippen LogP contribution in [0.1, 0.15) is 24.4 Å². The van der Waals surface area contributed by atoms with Gasteiger partial charge in [0.1, 0.15) is 5.82 Å². The van der Waals surface area contributed by atoms with Gasteiger partial charge in [-0.2, -0.15) is 0 Å². The third-order valence-corrected chi connectivity index (χ3v) is 3.48. The Bertz CT molecular complexity index is 452. The predicted octanol–water partition coefficient (Wildman–Crippen LogP) is 1.03. The monoisotopic (exact) mass is 282 g/mol. The molecule has 0 aromatic heterocycles. The number of amides is 2. The lowest BCUT2D eigenvalue weighted by Gasteiger charge is -2.38. The van der Waals surface area contributed by atoms with Crippen LogP contribution in [-0.2, 0) is 0 Å². The molecule has 2 atom stereocenters. The van der Waals surface area contributed by atoms with E-state index in [9.17, 15) is 14.3 Å².